The summed E-state index contributed by atoms with van der Waals surface area (Å²) in [4.78, 5) is 12.3. The highest BCUT2D eigenvalue weighted by atomic mass is 19.1. The molecule has 0 aromatic heterocycles. The zero-order valence-electron chi connectivity index (χ0n) is 14.6. The fraction of sp³-hybridized carbons (Fsp3) is 0.316. The van der Waals surface area contributed by atoms with E-state index in [0.717, 1.165) is 5.56 Å². The summed E-state index contributed by atoms with van der Waals surface area (Å²) in [5.74, 6) is -0.135. The first kappa shape index (κ1) is 18.7. The molecule has 5 nitrogen and oxygen atoms in total. The Morgan fingerprint density at radius 1 is 1.16 bits per heavy atom. The van der Waals surface area contributed by atoms with Gasteiger partial charge in [-0.05, 0) is 25.0 Å². The maximum atomic E-state index is 14.3. The quantitative estimate of drug-likeness (QED) is 0.808. The van der Waals surface area contributed by atoms with Gasteiger partial charge in [0.2, 0.25) is 5.91 Å². The molecule has 2 rings (SSSR count). The minimum Gasteiger partial charge on any atom is -0.493 e. The van der Waals surface area contributed by atoms with Crippen LogP contribution in [0.25, 0.3) is 0 Å². The molecule has 2 aromatic carbocycles. The second-order valence-electron chi connectivity index (χ2n) is 5.76. The van der Waals surface area contributed by atoms with Gasteiger partial charge < -0.3 is 20.5 Å². The molecular formula is C19H23FN2O3. The summed E-state index contributed by atoms with van der Waals surface area (Å²) >= 11 is 0. The van der Waals surface area contributed by atoms with E-state index in [2.05, 4.69) is 5.32 Å². The number of benzene rings is 2. The van der Waals surface area contributed by atoms with Crippen molar-refractivity contribution in [1.82, 2.24) is 5.32 Å². The van der Waals surface area contributed by atoms with Gasteiger partial charge in [0.25, 0.3) is 0 Å². The standard InChI is InChI=1S/C19H23FN2O3/c1-12(14-10-17(24-2)18(25-3)11-15(14)20)22-19(23)16(21)9-13-7-5-4-6-8-13/h4-8,10-12,16H,9,21H2,1-3H3,(H,22,23)/t12?,16-/m0/s1. The van der Waals surface area contributed by atoms with E-state index >= 15 is 0 Å². The molecular weight excluding hydrogens is 323 g/mol. The molecule has 0 radical (unpaired) electrons. The first-order valence-corrected chi connectivity index (χ1v) is 7.97. The summed E-state index contributed by atoms with van der Waals surface area (Å²) in [6.45, 7) is 1.69. The maximum Gasteiger partial charge on any atom is 0.237 e. The van der Waals surface area contributed by atoms with Crippen LogP contribution >= 0.6 is 0 Å². The largest absolute Gasteiger partial charge is 0.493 e. The second-order valence-corrected chi connectivity index (χ2v) is 5.76. The Morgan fingerprint density at radius 2 is 1.76 bits per heavy atom. The van der Waals surface area contributed by atoms with Crippen LogP contribution in [0.2, 0.25) is 0 Å². The van der Waals surface area contributed by atoms with Crippen LogP contribution in [-0.4, -0.2) is 26.2 Å². The molecule has 6 heteroatoms. The van der Waals surface area contributed by atoms with Crippen molar-refractivity contribution < 1.29 is 18.7 Å². The predicted molar refractivity (Wildman–Crippen MR) is 94.2 cm³/mol. The molecule has 0 spiro atoms. The molecule has 0 aliphatic heterocycles. The Morgan fingerprint density at radius 3 is 2.36 bits per heavy atom. The Balaban J connectivity index is 2.08. The third kappa shape index (κ3) is 4.70. The minimum absolute atomic E-state index is 0.294. The number of carbonyl (C=O) groups excluding carboxylic acids is 1. The minimum atomic E-state index is -0.715. The maximum absolute atomic E-state index is 14.3. The smallest absolute Gasteiger partial charge is 0.237 e. The fourth-order valence-corrected chi connectivity index (χ4v) is 2.56. The molecule has 0 heterocycles. The van der Waals surface area contributed by atoms with Crippen LogP contribution in [0.5, 0.6) is 11.5 Å². The van der Waals surface area contributed by atoms with Crippen molar-refractivity contribution in [2.45, 2.75) is 25.4 Å². The van der Waals surface area contributed by atoms with Gasteiger partial charge in [0.1, 0.15) is 5.82 Å². The predicted octanol–water partition coefficient (Wildman–Crippen LogP) is 2.59. The van der Waals surface area contributed by atoms with Gasteiger partial charge in [-0.1, -0.05) is 30.3 Å². The van der Waals surface area contributed by atoms with Gasteiger partial charge in [0, 0.05) is 11.6 Å². The summed E-state index contributed by atoms with van der Waals surface area (Å²) < 4.78 is 24.5. The van der Waals surface area contributed by atoms with Gasteiger partial charge in [-0.2, -0.15) is 0 Å². The van der Waals surface area contributed by atoms with Crippen molar-refractivity contribution in [3.8, 4) is 11.5 Å². The Hall–Kier alpha value is -2.60. The van der Waals surface area contributed by atoms with Crippen molar-refractivity contribution in [3.05, 3.63) is 59.4 Å². The molecule has 1 unspecified atom stereocenters. The molecule has 134 valence electrons. The van der Waals surface area contributed by atoms with Crippen molar-refractivity contribution >= 4 is 5.91 Å². The summed E-state index contributed by atoms with van der Waals surface area (Å²) in [6, 6.07) is 11.0. The van der Waals surface area contributed by atoms with Gasteiger partial charge in [0.15, 0.2) is 11.5 Å². The van der Waals surface area contributed by atoms with Crippen molar-refractivity contribution in [3.63, 3.8) is 0 Å². The second kappa shape index (κ2) is 8.48. The topological polar surface area (TPSA) is 73.6 Å². The van der Waals surface area contributed by atoms with Crippen molar-refractivity contribution in [2.75, 3.05) is 14.2 Å². The number of methoxy groups -OCH3 is 2. The number of ether oxygens (including phenoxy) is 2. The van der Waals surface area contributed by atoms with E-state index in [-0.39, 0.29) is 5.91 Å². The highest BCUT2D eigenvalue weighted by Crippen LogP contribution is 2.32. The number of nitrogens with one attached hydrogen (secondary N) is 1. The van der Waals surface area contributed by atoms with E-state index in [9.17, 15) is 9.18 Å². The van der Waals surface area contributed by atoms with Gasteiger partial charge in [0.05, 0.1) is 26.3 Å². The van der Waals surface area contributed by atoms with E-state index in [1.807, 2.05) is 30.3 Å². The van der Waals surface area contributed by atoms with Crippen LogP contribution in [0.1, 0.15) is 24.1 Å². The lowest BCUT2D eigenvalue weighted by Gasteiger charge is -2.20. The number of hydrogen-bond donors (Lipinski definition) is 2. The van der Waals surface area contributed by atoms with Crippen molar-refractivity contribution in [2.24, 2.45) is 5.73 Å². The van der Waals surface area contributed by atoms with E-state index in [1.54, 1.807) is 6.92 Å². The lowest BCUT2D eigenvalue weighted by molar-refractivity contribution is -0.123. The lowest BCUT2D eigenvalue weighted by Crippen LogP contribution is -2.43. The summed E-state index contributed by atoms with van der Waals surface area (Å²) in [7, 11) is 2.91. The number of rotatable bonds is 7. The molecule has 2 aromatic rings. The van der Waals surface area contributed by atoms with Gasteiger partial charge >= 0.3 is 0 Å². The van der Waals surface area contributed by atoms with E-state index < -0.39 is 17.9 Å². The molecule has 0 fully saturated rings. The van der Waals surface area contributed by atoms with Crippen LogP contribution in [0.4, 0.5) is 4.39 Å². The summed E-state index contributed by atoms with van der Waals surface area (Å²) in [5.41, 5.74) is 7.24. The zero-order valence-corrected chi connectivity index (χ0v) is 14.6. The van der Waals surface area contributed by atoms with Gasteiger partial charge in [-0.15, -0.1) is 0 Å². The average Bonchev–Trinajstić information content (AvgIpc) is 2.61. The first-order valence-electron chi connectivity index (χ1n) is 7.97. The van der Waals surface area contributed by atoms with Gasteiger partial charge in [-0.3, -0.25) is 4.79 Å². The first-order chi connectivity index (χ1) is 12.0. The molecule has 0 aliphatic rings. The number of amides is 1. The normalized spacial score (nSPS) is 13.0. The number of nitrogens with two attached hydrogens (primary N) is 1. The fourth-order valence-electron chi connectivity index (χ4n) is 2.56. The lowest BCUT2D eigenvalue weighted by atomic mass is 10.0. The average molecular weight is 346 g/mol. The molecule has 0 saturated carbocycles. The van der Waals surface area contributed by atoms with Crippen LogP contribution in [0, 0.1) is 5.82 Å². The third-order valence-corrected chi connectivity index (χ3v) is 3.96. The summed E-state index contributed by atoms with van der Waals surface area (Å²) in [5, 5.41) is 2.75. The number of halogens is 1. The highest BCUT2D eigenvalue weighted by Gasteiger charge is 2.21. The van der Waals surface area contributed by atoms with E-state index in [4.69, 9.17) is 15.2 Å². The van der Waals surface area contributed by atoms with Crippen LogP contribution < -0.4 is 20.5 Å². The Kier molecular flexibility index (Phi) is 6.36. The highest BCUT2D eigenvalue weighted by molar-refractivity contribution is 5.82. The Labute approximate surface area is 146 Å². The Bertz CT molecular complexity index is 722. The number of hydrogen-bond acceptors (Lipinski definition) is 4. The molecule has 25 heavy (non-hydrogen) atoms. The van der Waals surface area contributed by atoms with Crippen molar-refractivity contribution in [1.29, 1.82) is 0 Å². The third-order valence-electron chi connectivity index (χ3n) is 3.96. The van der Waals surface area contributed by atoms with E-state index in [0.29, 0.717) is 23.5 Å². The van der Waals surface area contributed by atoms with Crippen LogP contribution in [0.15, 0.2) is 42.5 Å². The monoisotopic (exact) mass is 346 g/mol. The number of carbonyl (C=O) groups is 1. The SMILES string of the molecule is COc1cc(F)c(C(C)NC(=O)[C@@H](N)Cc2ccccc2)cc1OC. The van der Waals surface area contributed by atoms with Crippen LogP contribution in [0.3, 0.4) is 0 Å². The molecule has 0 bridgehead atoms. The van der Waals surface area contributed by atoms with E-state index in [1.165, 1.54) is 26.4 Å². The molecule has 0 aliphatic carbocycles. The molecule has 3 N–H and O–H groups in total. The molecule has 2 atom stereocenters. The van der Waals surface area contributed by atoms with Gasteiger partial charge in [-0.25, -0.2) is 4.39 Å². The molecule has 0 saturated heterocycles. The van der Waals surface area contributed by atoms with Crippen LogP contribution in [-0.2, 0) is 11.2 Å². The zero-order chi connectivity index (χ0) is 18.4. The molecule has 1 amide bonds. The summed E-state index contributed by atoms with van der Waals surface area (Å²) in [6.07, 6.45) is 0.411.